The molecule has 2 aliphatic heterocycles. The standard InChI is InChI=1S/C20H12O3.12C2H6/c21-19-13-7-1-2-8-14(13)20(23-19)15-9-3-5-11-17(15)22-18-12-6-4-10-16(18)20;12*1-2/h1-12H;12*1-2H3. The number of fused-ring (bicyclic) bond motifs is 6. The lowest BCUT2D eigenvalue weighted by molar-refractivity contribution is 0.0224. The van der Waals surface area contributed by atoms with Gasteiger partial charge in [0.2, 0.25) is 0 Å². The van der Waals surface area contributed by atoms with E-state index in [4.69, 9.17) is 9.47 Å². The van der Waals surface area contributed by atoms with Crippen LogP contribution in [0.2, 0.25) is 0 Å². The van der Waals surface area contributed by atoms with Crippen molar-refractivity contribution in [1.82, 2.24) is 0 Å². The lowest BCUT2D eigenvalue weighted by atomic mass is 9.78. The molecule has 3 nitrogen and oxygen atoms in total. The van der Waals surface area contributed by atoms with E-state index in [0.29, 0.717) is 5.56 Å². The van der Waals surface area contributed by atoms with Crippen LogP contribution in [0.25, 0.3) is 0 Å². The fourth-order valence-electron chi connectivity index (χ4n) is 3.57. The molecular formula is C44H84O3. The third-order valence-corrected chi connectivity index (χ3v) is 4.52. The van der Waals surface area contributed by atoms with E-state index in [1.807, 2.05) is 239 Å². The zero-order chi connectivity index (χ0) is 39.4. The molecule has 2 heterocycles. The summed E-state index contributed by atoms with van der Waals surface area (Å²) in [5.41, 5.74) is 2.26. The van der Waals surface area contributed by atoms with Crippen molar-refractivity contribution >= 4 is 5.97 Å². The van der Waals surface area contributed by atoms with Crippen molar-refractivity contribution in [3.8, 4) is 11.5 Å². The second-order valence-electron chi connectivity index (χ2n) is 5.71. The first-order valence-electron chi connectivity index (χ1n) is 19.5. The molecule has 0 amide bonds. The molecule has 2 aliphatic rings. The molecule has 47 heavy (non-hydrogen) atoms. The second-order valence-corrected chi connectivity index (χ2v) is 5.71. The predicted molar refractivity (Wildman–Crippen MR) is 221 cm³/mol. The Balaban J connectivity index is -0.0000000905. The summed E-state index contributed by atoms with van der Waals surface area (Å²) in [6, 6.07) is 23.0. The fraction of sp³-hybridized carbons (Fsp3) is 0.568. The van der Waals surface area contributed by atoms with Crippen molar-refractivity contribution in [3.63, 3.8) is 0 Å². The van der Waals surface area contributed by atoms with Crippen LogP contribution < -0.4 is 4.74 Å². The molecule has 3 aromatic carbocycles. The van der Waals surface area contributed by atoms with Crippen LogP contribution in [0.15, 0.2) is 72.8 Å². The minimum Gasteiger partial charge on any atom is -0.456 e. The van der Waals surface area contributed by atoms with Gasteiger partial charge in [0, 0.05) is 16.7 Å². The molecule has 0 fully saturated rings. The van der Waals surface area contributed by atoms with Gasteiger partial charge in [0.05, 0.1) is 5.56 Å². The van der Waals surface area contributed by atoms with Gasteiger partial charge < -0.3 is 9.47 Å². The molecular weight excluding hydrogens is 576 g/mol. The lowest BCUT2D eigenvalue weighted by Crippen LogP contribution is -2.32. The number of carbonyl (C=O) groups excluding carboxylic acids is 1. The summed E-state index contributed by atoms with van der Waals surface area (Å²) in [6.07, 6.45) is 0. The van der Waals surface area contributed by atoms with Crippen LogP contribution in [0.1, 0.15) is 193 Å². The van der Waals surface area contributed by atoms with Crippen LogP contribution in [0.4, 0.5) is 0 Å². The maximum Gasteiger partial charge on any atom is 0.340 e. The predicted octanol–water partition coefficient (Wildman–Crippen LogP) is 16.6. The van der Waals surface area contributed by atoms with Crippen LogP contribution in [0.5, 0.6) is 11.5 Å². The van der Waals surface area contributed by atoms with E-state index in [2.05, 4.69) is 0 Å². The van der Waals surface area contributed by atoms with Crippen molar-refractivity contribution in [2.75, 3.05) is 0 Å². The van der Waals surface area contributed by atoms with Crippen molar-refractivity contribution in [1.29, 1.82) is 0 Å². The molecule has 0 aromatic heterocycles. The largest absolute Gasteiger partial charge is 0.456 e. The molecule has 5 rings (SSSR count). The molecule has 0 saturated carbocycles. The number of ether oxygens (including phenoxy) is 2. The van der Waals surface area contributed by atoms with Gasteiger partial charge in [-0.2, -0.15) is 0 Å². The van der Waals surface area contributed by atoms with Crippen LogP contribution in [-0.4, -0.2) is 5.97 Å². The van der Waals surface area contributed by atoms with Gasteiger partial charge in [-0.25, -0.2) is 4.79 Å². The van der Waals surface area contributed by atoms with Crippen LogP contribution in [-0.2, 0) is 10.3 Å². The Hall–Kier alpha value is -3.07. The van der Waals surface area contributed by atoms with Crippen LogP contribution in [0, 0.1) is 0 Å². The molecule has 1 spiro atoms. The van der Waals surface area contributed by atoms with E-state index in [-0.39, 0.29) is 5.97 Å². The monoisotopic (exact) mass is 661 g/mol. The highest BCUT2D eigenvalue weighted by atomic mass is 16.6. The SMILES string of the molecule is CC.CC.CC.CC.CC.CC.CC.CC.CC.CC.CC.CC.O=C1OC2(c3ccccc3Oc3ccccc32)c2ccccc21. The number of esters is 1. The molecule has 0 unspecified atom stereocenters. The number of rotatable bonds is 0. The third kappa shape index (κ3) is 19.4. The molecule has 0 radical (unpaired) electrons. The Kier molecular flexibility index (Phi) is 70.0. The maximum atomic E-state index is 12.5. The Bertz CT molecular complexity index is 916. The Morgan fingerprint density at radius 1 is 0.362 bits per heavy atom. The van der Waals surface area contributed by atoms with Gasteiger partial charge in [0.15, 0.2) is 5.60 Å². The van der Waals surface area contributed by atoms with Gasteiger partial charge in [0.1, 0.15) is 11.5 Å². The van der Waals surface area contributed by atoms with Gasteiger partial charge in [-0.05, 0) is 18.2 Å². The molecule has 3 aromatic rings. The van der Waals surface area contributed by atoms with Gasteiger partial charge >= 0.3 is 5.97 Å². The van der Waals surface area contributed by atoms with E-state index in [1.54, 1.807) is 0 Å². The quantitative estimate of drug-likeness (QED) is 0.225. The van der Waals surface area contributed by atoms with Gasteiger partial charge in [-0.1, -0.05) is 221 Å². The summed E-state index contributed by atoms with van der Waals surface area (Å²) in [4.78, 5) is 12.5. The summed E-state index contributed by atoms with van der Waals surface area (Å²) >= 11 is 0. The second kappa shape index (κ2) is 52.5. The minimum absolute atomic E-state index is 0.299. The topological polar surface area (TPSA) is 35.5 Å². The Morgan fingerprint density at radius 3 is 0.936 bits per heavy atom. The van der Waals surface area contributed by atoms with E-state index in [0.717, 1.165) is 28.2 Å². The highest BCUT2D eigenvalue weighted by Crippen LogP contribution is 2.55. The van der Waals surface area contributed by atoms with Crippen LogP contribution >= 0.6 is 0 Å². The van der Waals surface area contributed by atoms with Crippen molar-refractivity contribution in [2.45, 2.75) is 172 Å². The lowest BCUT2D eigenvalue weighted by Gasteiger charge is -2.36. The average Bonchev–Trinajstić information content (AvgIpc) is 3.53. The summed E-state index contributed by atoms with van der Waals surface area (Å²) < 4.78 is 12.0. The molecule has 0 aliphatic carbocycles. The molecule has 0 atom stereocenters. The van der Waals surface area contributed by atoms with E-state index >= 15 is 0 Å². The fourth-order valence-corrected chi connectivity index (χ4v) is 3.57. The number of hydrogen-bond donors (Lipinski definition) is 0. The minimum atomic E-state index is -0.931. The first-order valence-corrected chi connectivity index (χ1v) is 19.5. The van der Waals surface area contributed by atoms with E-state index in [9.17, 15) is 4.79 Å². The summed E-state index contributed by atoms with van der Waals surface area (Å²) in [5, 5.41) is 0. The zero-order valence-corrected chi connectivity index (χ0v) is 36.2. The average molecular weight is 661 g/mol. The maximum absolute atomic E-state index is 12.5. The third-order valence-electron chi connectivity index (χ3n) is 4.52. The highest BCUT2D eigenvalue weighted by Gasteiger charge is 2.53. The summed E-state index contributed by atoms with van der Waals surface area (Å²) in [5.74, 6) is 1.14. The van der Waals surface area contributed by atoms with Gasteiger partial charge in [-0.3, -0.25) is 0 Å². The molecule has 278 valence electrons. The highest BCUT2D eigenvalue weighted by molar-refractivity contribution is 5.97. The van der Waals surface area contributed by atoms with Gasteiger partial charge in [-0.15, -0.1) is 0 Å². The van der Waals surface area contributed by atoms with Crippen LogP contribution in [0.3, 0.4) is 0 Å². The number of benzene rings is 3. The smallest absolute Gasteiger partial charge is 0.340 e. The van der Waals surface area contributed by atoms with E-state index in [1.165, 1.54) is 0 Å². The molecule has 3 heteroatoms. The van der Waals surface area contributed by atoms with Crippen molar-refractivity contribution in [2.24, 2.45) is 0 Å². The Morgan fingerprint density at radius 2 is 0.617 bits per heavy atom. The molecule has 0 N–H and O–H groups in total. The number of para-hydroxylation sites is 2. The summed E-state index contributed by atoms with van der Waals surface area (Å²) in [6.45, 7) is 48.0. The first-order chi connectivity index (χ1) is 23.3. The van der Waals surface area contributed by atoms with Crippen molar-refractivity contribution < 1.29 is 14.3 Å². The normalized spacial score (nSPS) is 9.40. The van der Waals surface area contributed by atoms with E-state index < -0.39 is 5.60 Å². The number of hydrogen-bond acceptors (Lipinski definition) is 3. The molecule has 0 bridgehead atoms. The van der Waals surface area contributed by atoms with Gasteiger partial charge in [0.25, 0.3) is 0 Å². The summed E-state index contributed by atoms with van der Waals surface area (Å²) in [7, 11) is 0. The zero-order valence-electron chi connectivity index (χ0n) is 36.2. The Labute approximate surface area is 297 Å². The molecule has 0 saturated heterocycles. The van der Waals surface area contributed by atoms with Crippen molar-refractivity contribution in [3.05, 3.63) is 95.1 Å². The number of carbonyl (C=O) groups is 1. The first kappa shape index (κ1) is 62.7.